The zero-order valence-electron chi connectivity index (χ0n) is 10.5. The van der Waals surface area contributed by atoms with Crippen LogP contribution < -0.4 is 5.73 Å². The predicted octanol–water partition coefficient (Wildman–Crippen LogP) is 2.97. The third-order valence-corrected chi connectivity index (χ3v) is 3.75. The van der Waals surface area contributed by atoms with Crippen molar-refractivity contribution in [2.45, 2.75) is 13.0 Å². The van der Waals surface area contributed by atoms with E-state index in [-0.39, 0.29) is 0 Å². The maximum Gasteiger partial charge on any atom is 0.0430 e. The first-order chi connectivity index (χ1) is 8.79. The van der Waals surface area contributed by atoms with Crippen LogP contribution in [0.25, 0.3) is 10.8 Å². The van der Waals surface area contributed by atoms with E-state index in [9.17, 15) is 0 Å². The van der Waals surface area contributed by atoms with Crippen LogP contribution in [0.4, 0.5) is 5.69 Å². The van der Waals surface area contributed by atoms with Gasteiger partial charge in [0.1, 0.15) is 0 Å². The van der Waals surface area contributed by atoms with Gasteiger partial charge in [-0.3, -0.25) is 4.90 Å². The molecule has 0 atom stereocenters. The topological polar surface area (TPSA) is 29.3 Å². The van der Waals surface area contributed by atoms with Crippen LogP contribution in [0.1, 0.15) is 11.1 Å². The van der Waals surface area contributed by atoms with Gasteiger partial charge in [-0.1, -0.05) is 30.3 Å². The van der Waals surface area contributed by atoms with Crippen LogP contribution in [0.15, 0.2) is 43.0 Å². The largest absolute Gasteiger partial charge is 0.398 e. The molecule has 0 amide bonds. The molecule has 0 aromatic heterocycles. The fourth-order valence-corrected chi connectivity index (χ4v) is 2.84. The van der Waals surface area contributed by atoms with Crippen molar-refractivity contribution in [2.24, 2.45) is 0 Å². The van der Waals surface area contributed by atoms with Crippen LogP contribution in [-0.4, -0.2) is 18.0 Å². The number of hydrogen-bond donors (Lipinski definition) is 1. The molecule has 3 rings (SSSR count). The Hall–Kier alpha value is -1.80. The fraction of sp³-hybridized carbons (Fsp3) is 0.250. The average molecular weight is 238 g/mol. The van der Waals surface area contributed by atoms with Gasteiger partial charge in [0.2, 0.25) is 0 Å². The van der Waals surface area contributed by atoms with Crippen LogP contribution in [-0.2, 0) is 13.0 Å². The highest BCUT2D eigenvalue weighted by Crippen LogP contribution is 2.31. The van der Waals surface area contributed by atoms with E-state index in [1.807, 2.05) is 6.08 Å². The van der Waals surface area contributed by atoms with E-state index in [1.54, 1.807) is 0 Å². The van der Waals surface area contributed by atoms with Crippen molar-refractivity contribution in [3.05, 3.63) is 54.1 Å². The summed E-state index contributed by atoms with van der Waals surface area (Å²) in [6.07, 6.45) is 3.01. The third kappa shape index (κ3) is 1.79. The summed E-state index contributed by atoms with van der Waals surface area (Å²) in [6, 6.07) is 10.7. The Kier molecular flexibility index (Phi) is 2.80. The first-order valence-electron chi connectivity index (χ1n) is 6.42. The summed E-state index contributed by atoms with van der Waals surface area (Å²) in [5, 5.41) is 2.43. The quantitative estimate of drug-likeness (QED) is 0.644. The molecule has 0 saturated carbocycles. The van der Waals surface area contributed by atoms with Crippen molar-refractivity contribution in [1.82, 2.24) is 4.90 Å². The molecule has 1 heterocycles. The van der Waals surface area contributed by atoms with Crippen molar-refractivity contribution in [1.29, 1.82) is 0 Å². The molecule has 0 radical (unpaired) electrons. The Balaban J connectivity index is 2.10. The second-order valence-electron chi connectivity index (χ2n) is 4.92. The minimum Gasteiger partial charge on any atom is -0.398 e. The number of anilines is 1. The van der Waals surface area contributed by atoms with Gasteiger partial charge in [0, 0.05) is 30.7 Å². The van der Waals surface area contributed by atoms with Gasteiger partial charge in [0.25, 0.3) is 0 Å². The molecule has 1 aliphatic rings. The van der Waals surface area contributed by atoms with E-state index >= 15 is 0 Å². The number of benzene rings is 2. The summed E-state index contributed by atoms with van der Waals surface area (Å²) in [5.41, 5.74) is 10.0. The fourth-order valence-electron chi connectivity index (χ4n) is 2.84. The lowest BCUT2D eigenvalue weighted by Gasteiger charge is -2.29. The third-order valence-electron chi connectivity index (χ3n) is 3.75. The van der Waals surface area contributed by atoms with Gasteiger partial charge in [-0.15, -0.1) is 6.58 Å². The number of nitrogen functional groups attached to an aromatic ring is 1. The Morgan fingerprint density at radius 1 is 1.33 bits per heavy atom. The molecule has 0 aliphatic carbocycles. The normalized spacial score (nSPS) is 15.6. The smallest absolute Gasteiger partial charge is 0.0430 e. The molecule has 92 valence electrons. The molecule has 0 bridgehead atoms. The minimum absolute atomic E-state index is 0.951. The molecule has 2 aromatic carbocycles. The van der Waals surface area contributed by atoms with Gasteiger partial charge in [-0.05, 0) is 29.0 Å². The lowest BCUT2D eigenvalue weighted by molar-refractivity contribution is 0.282. The van der Waals surface area contributed by atoms with Crippen molar-refractivity contribution in [2.75, 3.05) is 18.8 Å². The summed E-state index contributed by atoms with van der Waals surface area (Å²) in [6.45, 7) is 6.82. The second-order valence-corrected chi connectivity index (χ2v) is 4.92. The maximum atomic E-state index is 6.32. The van der Waals surface area contributed by atoms with Gasteiger partial charge in [0.15, 0.2) is 0 Å². The van der Waals surface area contributed by atoms with E-state index in [2.05, 4.69) is 41.8 Å². The summed E-state index contributed by atoms with van der Waals surface area (Å²) in [4.78, 5) is 2.41. The van der Waals surface area contributed by atoms with E-state index in [0.29, 0.717) is 0 Å². The Morgan fingerprint density at radius 2 is 2.17 bits per heavy atom. The molecule has 0 spiro atoms. The summed E-state index contributed by atoms with van der Waals surface area (Å²) in [7, 11) is 0. The predicted molar refractivity (Wildman–Crippen MR) is 77.5 cm³/mol. The highest BCUT2D eigenvalue weighted by Gasteiger charge is 2.18. The highest BCUT2D eigenvalue weighted by atomic mass is 15.1. The summed E-state index contributed by atoms with van der Waals surface area (Å²) in [5.74, 6) is 0. The van der Waals surface area contributed by atoms with Crippen LogP contribution in [0.2, 0.25) is 0 Å². The number of rotatable bonds is 2. The SMILES string of the molecule is C=CCN1CCc2c(cc3ccccc3c2N)C1. The molecule has 2 N–H and O–H groups in total. The van der Waals surface area contributed by atoms with E-state index in [1.165, 1.54) is 21.9 Å². The van der Waals surface area contributed by atoms with Crippen LogP contribution in [0, 0.1) is 0 Å². The molecule has 2 heteroatoms. The molecule has 2 nitrogen and oxygen atoms in total. The molecular formula is C16H18N2. The van der Waals surface area contributed by atoms with Crippen molar-refractivity contribution >= 4 is 16.5 Å². The van der Waals surface area contributed by atoms with Crippen molar-refractivity contribution in [3.63, 3.8) is 0 Å². The molecule has 0 saturated heterocycles. The van der Waals surface area contributed by atoms with Crippen molar-refractivity contribution < 1.29 is 0 Å². The van der Waals surface area contributed by atoms with Gasteiger partial charge in [-0.25, -0.2) is 0 Å². The first kappa shape index (κ1) is 11.3. The van der Waals surface area contributed by atoms with Crippen LogP contribution >= 0.6 is 0 Å². The minimum atomic E-state index is 0.951. The summed E-state index contributed by atoms with van der Waals surface area (Å²) < 4.78 is 0. The Morgan fingerprint density at radius 3 is 3.00 bits per heavy atom. The number of hydrogen-bond acceptors (Lipinski definition) is 2. The molecule has 0 fully saturated rings. The molecular weight excluding hydrogens is 220 g/mol. The second kappa shape index (κ2) is 4.46. The standard InChI is InChI=1S/C16H18N2/c1-2-8-18-9-7-15-13(11-18)10-12-5-3-4-6-14(12)16(15)17/h2-6,10H,1,7-9,11,17H2. The maximum absolute atomic E-state index is 6.32. The molecule has 0 unspecified atom stereocenters. The van der Waals surface area contributed by atoms with Gasteiger partial charge in [-0.2, -0.15) is 0 Å². The van der Waals surface area contributed by atoms with Crippen molar-refractivity contribution in [3.8, 4) is 0 Å². The zero-order valence-corrected chi connectivity index (χ0v) is 10.5. The Bertz CT molecular complexity index is 601. The number of nitrogens with zero attached hydrogens (tertiary/aromatic N) is 1. The van der Waals surface area contributed by atoms with Gasteiger partial charge in [0.05, 0.1) is 0 Å². The number of nitrogens with two attached hydrogens (primary N) is 1. The number of fused-ring (bicyclic) bond motifs is 2. The lowest BCUT2D eigenvalue weighted by Crippen LogP contribution is -2.31. The highest BCUT2D eigenvalue weighted by molar-refractivity contribution is 5.95. The molecule has 2 aromatic rings. The monoisotopic (exact) mass is 238 g/mol. The first-order valence-corrected chi connectivity index (χ1v) is 6.42. The zero-order chi connectivity index (χ0) is 12.5. The van der Waals surface area contributed by atoms with Crippen LogP contribution in [0.5, 0.6) is 0 Å². The molecule has 1 aliphatic heterocycles. The van der Waals surface area contributed by atoms with Gasteiger partial charge >= 0.3 is 0 Å². The summed E-state index contributed by atoms with van der Waals surface area (Å²) >= 11 is 0. The molecule has 18 heavy (non-hydrogen) atoms. The van der Waals surface area contributed by atoms with E-state index < -0.39 is 0 Å². The van der Waals surface area contributed by atoms with Gasteiger partial charge < -0.3 is 5.73 Å². The average Bonchev–Trinajstić information content (AvgIpc) is 2.39. The lowest BCUT2D eigenvalue weighted by atomic mass is 9.93. The Labute approximate surface area is 108 Å². The van der Waals surface area contributed by atoms with E-state index in [0.717, 1.165) is 31.7 Å². The van der Waals surface area contributed by atoms with E-state index in [4.69, 9.17) is 5.73 Å². The van der Waals surface area contributed by atoms with Crippen LogP contribution in [0.3, 0.4) is 0 Å².